The first kappa shape index (κ1) is 21.1. The van der Waals surface area contributed by atoms with Gasteiger partial charge in [0, 0.05) is 37.7 Å². The number of morpholine rings is 1. The van der Waals surface area contributed by atoms with E-state index in [9.17, 15) is 9.90 Å². The van der Waals surface area contributed by atoms with Crippen LogP contribution >= 0.6 is 0 Å². The third-order valence-corrected chi connectivity index (χ3v) is 5.61. The fraction of sp³-hybridized carbons (Fsp3) is 0.409. The molecule has 4 N–H and O–H groups in total. The number of ether oxygens (including phenoxy) is 2. The zero-order chi connectivity index (χ0) is 21.8. The normalized spacial score (nSPS) is 21.2. The van der Waals surface area contributed by atoms with Gasteiger partial charge in [-0.3, -0.25) is 4.79 Å². The SMILES string of the molecule is C[C@@]1(CO)CCc2cc(NC(=O)/C(=C/N)c3ncccn3)c(N3CCOCC3)cc2O1. The number of hydrogen-bond acceptors (Lipinski definition) is 8. The van der Waals surface area contributed by atoms with Gasteiger partial charge in [-0.05, 0) is 37.5 Å². The zero-order valence-electron chi connectivity index (χ0n) is 17.5. The molecule has 2 aliphatic heterocycles. The number of fused-ring (bicyclic) bond motifs is 1. The summed E-state index contributed by atoms with van der Waals surface area (Å²) in [7, 11) is 0. The van der Waals surface area contributed by atoms with E-state index in [0.29, 0.717) is 38.4 Å². The van der Waals surface area contributed by atoms with E-state index in [1.807, 2.05) is 19.1 Å². The summed E-state index contributed by atoms with van der Waals surface area (Å²) in [6.07, 6.45) is 5.76. The predicted molar refractivity (Wildman–Crippen MR) is 117 cm³/mol. The van der Waals surface area contributed by atoms with Crippen LogP contribution in [0.4, 0.5) is 11.4 Å². The fourth-order valence-corrected chi connectivity index (χ4v) is 3.78. The Kier molecular flexibility index (Phi) is 6.06. The maximum atomic E-state index is 13.0. The lowest BCUT2D eigenvalue weighted by molar-refractivity contribution is -0.111. The van der Waals surface area contributed by atoms with Crippen molar-refractivity contribution < 1.29 is 19.4 Å². The molecule has 1 atom stereocenters. The number of anilines is 2. The predicted octanol–water partition coefficient (Wildman–Crippen LogP) is 1.33. The van der Waals surface area contributed by atoms with Crippen LogP contribution in [0.3, 0.4) is 0 Å². The van der Waals surface area contributed by atoms with Crippen molar-refractivity contribution in [3.63, 3.8) is 0 Å². The van der Waals surface area contributed by atoms with E-state index >= 15 is 0 Å². The molecule has 31 heavy (non-hydrogen) atoms. The zero-order valence-corrected chi connectivity index (χ0v) is 17.5. The van der Waals surface area contributed by atoms with E-state index in [1.54, 1.807) is 18.5 Å². The van der Waals surface area contributed by atoms with Crippen molar-refractivity contribution in [2.24, 2.45) is 5.73 Å². The molecule has 1 aromatic heterocycles. The molecule has 0 radical (unpaired) electrons. The van der Waals surface area contributed by atoms with Crippen molar-refractivity contribution in [1.29, 1.82) is 0 Å². The number of aliphatic hydroxyl groups excluding tert-OH is 1. The lowest BCUT2D eigenvalue weighted by Crippen LogP contribution is -2.40. The molecule has 0 bridgehead atoms. The van der Waals surface area contributed by atoms with Crippen molar-refractivity contribution in [2.75, 3.05) is 43.1 Å². The van der Waals surface area contributed by atoms with Crippen molar-refractivity contribution in [3.8, 4) is 5.75 Å². The van der Waals surface area contributed by atoms with Crippen LogP contribution in [0.1, 0.15) is 24.7 Å². The fourth-order valence-electron chi connectivity index (χ4n) is 3.78. The monoisotopic (exact) mass is 425 g/mol. The lowest BCUT2D eigenvalue weighted by atomic mass is 9.92. The molecule has 164 valence electrons. The van der Waals surface area contributed by atoms with Crippen molar-refractivity contribution in [2.45, 2.75) is 25.4 Å². The Balaban J connectivity index is 1.68. The molecule has 9 nitrogen and oxygen atoms in total. The first-order chi connectivity index (χ1) is 15.0. The first-order valence-corrected chi connectivity index (χ1v) is 10.3. The summed E-state index contributed by atoms with van der Waals surface area (Å²) >= 11 is 0. The minimum atomic E-state index is -0.611. The Morgan fingerprint density at radius 1 is 1.32 bits per heavy atom. The molecule has 3 heterocycles. The highest BCUT2D eigenvalue weighted by Gasteiger charge is 2.32. The summed E-state index contributed by atoms with van der Waals surface area (Å²) in [5.41, 5.74) is 7.78. The number of aromatic nitrogens is 2. The smallest absolute Gasteiger partial charge is 0.261 e. The molecule has 2 aromatic rings. The molecule has 1 saturated heterocycles. The maximum absolute atomic E-state index is 13.0. The van der Waals surface area contributed by atoms with Gasteiger partial charge in [0.2, 0.25) is 0 Å². The standard InChI is InChI=1S/C22H27N5O4/c1-22(14-28)4-3-15-11-17(18(12-19(15)31-22)27-7-9-30-10-8-27)26-21(29)16(13-23)20-24-5-2-6-25-20/h2,5-6,11-13,28H,3-4,7-10,14,23H2,1H3,(H,26,29)/b16-13+/t22-/m0/s1. The van der Waals surface area contributed by atoms with E-state index in [0.717, 1.165) is 23.4 Å². The van der Waals surface area contributed by atoms with Gasteiger partial charge >= 0.3 is 0 Å². The summed E-state index contributed by atoms with van der Waals surface area (Å²) in [6.45, 7) is 4.44. The van der Waals surface area contributed by atoms with Crippen LogP contribution in [0, 0.1) is 0 Å². The molecule has 1 fully saturated rings. The highest BCUT2D eigenvalue weighted by atomic mass is 16.5. The van der Waals surface area contributed by atoms with E-state index in [1.165, 1.54) is 6.20 Å². The molecule has 0 saturated carbocycles. The molecular formula is C22H27N5O4. The highest BCUT2D eigenvalue weighted by molar-refractivity contribution is 6.24. The van der Waals surface area contributed by atoms with Crippen LogP contribution in [0.25, 0.3) is 5.57 Å². The number of nitrogens with zero attached hydrogens (tertiary/aromatic N) is 3. The van der Waals surface area contributed by atoms with Crippen molar-refractivity contribution in [1.82, 2.24) is 9.97 Å². The summed E-state index contributed by atoms with van der Waals surface area (Å²) in [6, 6.07) is 5.55. The summed E-state index contributed by atoms with van der Waals surface area (Å²) in [5.74, 6) is 0.596. The third-order valence-electron chi connectivity index (χ3n) is 5.61. The summed E-state index contributed by atoms with van der Waals surface area (Å²) in [4.78, 5) is 23.5. The summed E-state index contributed by atoms with van der Waals surface area (Å²) in [5, 5.41) is 12.7. The third kappa shape index (κ3) is 4.47. The van der Waals surface area contributed by atoms with Crippen LogP contribution in [-0.4, -0.2) is 59.5 Å². The van der Waals surface area contributed by atoms with E-state index in [2.05, 4.69) is 20.2 Å². The number of carbonyl (C=O) groups is 1. The topological polar surface area (TPSA) is 123 Å². The largest absolute Gasteiger partial charge is 0.485 e. The maximum Gasteiger partial charge on any atom is 0.261 e. The first-order valence-electron chi connectivity index (χ1n) is 10.3. The van der Waals surface area contributed by atoms with Crippen molar-refractivity contribution in [3.05, 3.63) is 48.2 Å². The van der Waals surface area contributed by atoms with Gasteiger partial charge in [-0.2, -0.15) is 0 Å². The number of rotatable bonds is 5. The Bertz CT molecular complexity index is 975. The number of benzene rings is 1. The minimum Gasteiger partial charge on any atom is -0.485 e. The number of nitrogens with one attached hydrogen (secondary N) is 1. The molecule has 4 rings (SSSR count). The van der Waals surface area contributed by atoms with Crippen LogP contribution < -0.4 is 20.7 Å². The second-order valence-corrected chi connectivity index (χ2v) is 7.89. The van der Waals surface area contributed by atoms with Crippen LogP contribution in [0.15, 0.2) is 36.8 Å². The van der Waals surface area contributed by atoms with E-state index < -0.39 is 5.60 Å². The average molecular weight is 425 g/mol. The quantitative estimate of drug-likeness (QED) is 0.613. The van der Waals surface area contributed by atoms with Crippen LogP contribution in [0.2, 0.25) is 0 Å². The lowest BCUT2D eigenvalue weighted by Gasteiger charge is -2.36. The second kappa shape index (κ2) is 8.91. The molecule has 0 spiro atoms. The van der Waals surface area contributed by atoms with Gasteiger partial charge in [0.25, 0.3) is 5.91 Å². The van der Waals surface area contributed by atoms with Gasteiger partial charge < -0.3 is 30.5 Å². The highest BCUT2D eigenvalue weighted by Crippen LogP contribution is 2.40. The van der Waals surface area contributed by atoms with Gasteiger partial charge in [-0.25, -0.2) is 9.97 Å². The van der Waals surface area contributed by atoms with Gasteiger partial charge in [-0.1, -0.05) is 0 Å². The van der Waals surface area contributed by atoms with Gasteiger partial charge in [0.05, 0.1) is 36.8 Å². The Morgan fingerprint density at radius 2 is 2.06 bits per heavy atom. The Morgan fingerprint density at radius 3 is 2.74 bits per heavy atom. The molecule has 0 aliphatic carbocycles. The molecule has 0 unspecified atom stereocenters. The molecule has 1 aromatic carbocycles. The Hall–Kier alpha value is -3.17. The molecule has 2 aliphatic rings. The number of aryl methyl sites for hydroxylation is 1. The van der Waals surface area contributed by atoms with Gasteiger partial charge in [0.15, 0.2) is 5.82 Å². The van der Waals surface area contributed by atoms with Crippen molar-refractivity contribution >= 4 is 22.9 Å². The molecular weight excluding hydrogens is 398 g/mol. The Labute approximate surface area is 180 Å². The number of aliphatic hydroxyl groups is 1. The molecule has 9 heteroatoms. The minimum absolute atomic E-state index is 0.0560. The summed E-state index contributed by atoms with van der Waals surface area (Å²) < 4.78 is 11.6. The van der Waals surface area contributed by atoms with Crippen LogP contribution in [0.5, 0.6) is 5.75 Å². The van der Waals surface area contributed by atoms with Crippen LogP contribution in [-0.2, 0) is 16.0 Å². The van der Waals surface area contributed by atoms with E-state index in [-0.39, 0.29) is 23.9 Å². The number of carbonyl (C=O) groups excluding carboxylic acids is 1. The number of amides is 1. The molecule has 1 amide bonds. The van der Waals surface area contributed by atoms with Gasteiger partial charge in [0.1, 0.15) is 11.4 Å². The van der Waals surface area contributed by atoms with Gasteiger partial charge in [-0.15, -0.1) is 0 Å². The van der Waals surface area contributed by atoms with E-state index in [4.69, 9.17) is 15.2 Å². The number of nitrogens with two attached hydrogens (primary N) is 1. The number of hydrogen-bond donors (Lipinski definition) is 3. The average Bonchev–Trinajstić information content (AvgIpc) is 2.80. The second-order valence-electron chi connectivity index (χ2n) is 7.89.